The van der Waals surface area contributed by atoms with Crippen molar-refractivity contribution in [2.45, 2.75) is 39.8 Å². The summed E-state index contributed by atoms with van der Waals surface area (Å²) < 4.78 is 12.2. The summed E-state index contributed by atoms with van der Waals surface area (Å²) in [7, 11) is -2.16. The number of nitrogens with zero attached hydrogens (tertiary/aromatic N) is 1. The quantitative estimate of drug-likeness (QED) is 0.646. The summed E-state index contributed by atoms with van der Waals surface area (Å²) in [5.41, 5.74) is 0. The van der Waals surface area contributed by atoms with Gasteiger partial charge in [-0.1, -0.05) is 4.67 Å². The van der Waals surface area contributed by atoms with Gasteiger partial charge in [-0.25, -0.2) is 0 Å². The zero-order valence-corrected chi connectivity index (χ0v) is 7.80. The third kappa shape index (κ3) is 2.74. The maximum absolute atomic E-state index is 10.7. The van der Waals surface area contributed by atoms with Gasteiger partial charge in [0.15, 0.2) is 0 Å². The van der Waals surface area contributed by atoms with Crippen molar-refractivity contribution in [1.82, 2.24) is 4.67 Å². The molecule has 1 N–H and O–H groups in total. The van der Waals surface area contributed by atoms with Crippen LogP contribution in [0.3, 0.4) is 0 Å². The number of hydrogen-bond acceptors (Lipinski definition) is 1. The smallest absolute Gasteiger partial charge is 0.144 e. The first kappa shape index (κ1) is 10.0. The second kappa shape index (κ2) is 4.02. The molecule has 3 nitrogen and oxygen atoms in total. The maximum Gasteiger partial charge on any atom is 0.613 e. The Bertz CT molecular complexity index is 117. The molecule has 0 aliphatic rings. The first-order valence-corrected chi connectivity index (χ1v) is 4.57. The van der Waals surface area contributed by atoms with Gasteiger partial charge in [0.05, 0.1) is 12.1 Å². The molecule has 0 aliphatic carbocycles. The van der Waals surface area contributed by atoms with Crippen molar-refractivity contribution in [3.8, 4) is 0 Å². The molecule has 0 radical (unpaired) electrons. The first-order chi connectivity index (χ1) is 4.46. The Kier molecular flexibility index (Phi) is 4.02. The van der Waals surface area contributed by atoms with E-state index in [2.05, 4.69) is 0 Å². The highest BCUT2D eigenvalue weighted by atomic mass is 31.1. The minimum absolute atomic E-state index is 0.133. The van der Waals surface area contributed by atoms with Crippen molar-refractivity contribution in [3.05, 3.63) is 0 Å². The van der Waals surface area contributed by atoms with Gasteiger partial charge >= 0.3 is 8.18 Å². The average Bonchev–Trinajstić information content (AvgIpc) is 1.59. The van der Waals surface area contributed by atoms with Crippen molar-refractivity contribution in [1.29, 1.82) is 0 Å². The van der Waals surface area contributed by atoms with Gasteiger partial charge in [0.1, 0.15) is 0 Å². The van der Waals surface area contributed by atoms with E-state index in [1.807, 2.05) is 27.7 Å². The molecule has 1 unspecified atom stereocenters. The van der Waals surface area contributed by atoms with Gasteiger partial charge < -0.3 is 0 Å². The number of hydrogen-bond donors (Lipinski definition) is 1. The molecule has 0 saturated heterocycles. The van der Waals surface area contributed by atoms with Gasteiger partial charge in [-0.2, -0.15) is 0 Å². The van der Waals surface area contributed by atoms with Crippen LogP contribution in [-0.2, 0) is 4.57 Å². The Balaban J connectivity index is 4.12. The molecule has 0 heterocycles. The molecule has 60 valence electrons. The minimum atomic E-state index is -2.16. The molecular formula is C6H15NO2P+. The molecule has 0 saturated carbocycles. The molecule has 1 atom stereocenters. The summed E-state index contributed by atoms with van der Waals surface area (Å²) >= 11 is 0. The largest absolute Gasteiger partial charge is 0.613 e. The summed E-state index contributed by atoms with van der Waals surface area (Å²) in [5.74, 6) is 0. The Morgan fingerprint density at radius 2 is 1.50 bits per heavy atom. The minimum Gasteiger partial charge on any atom is -0.144 e. The van der Waals surface area contributed by atoms with Crippen LogP contribution in [-0.4, -0.2) is 21.6 Å². The highest BCUT2D eigenvalue weighted by Gasteiger charge is 2.31. The third-order valence-electron chi connectivity index (χ3n) is 1.26. The molecule has 0 aromatic heterocycles. The van der Waals surface area contributed by atoms with Crippen LogP contribution >= 0.6 is 8.18 Å². The van der Waals surface area contributed by atoms with Crippen molar-refractivity contribution in [2.24, 2.45) is 0 Å². The van der Waals surface area contributed by atoms with E-state index in [1.165, 1.54) is 0 Å². The second-order valence-electron chi connectivity index (χ2n) is 2.82. The van der Waals surface area contributed by atoms with E-state index in [4.69, 9.17) is 4.89 Å². The maximum atomic E-state index is 10.7. The topological polar surface area (TPSA) is 40.5 Å². The summed E-state index contributed by atoms with van der Waals surface area (Å²) in [6.45, 7) is 7.62. The van der Waals surface area contributed by atoms with Crippen molar-refractivity contribution in [2.75, 3.05) is 0 Å². The fourth-order valence-electron chi connectivity index (χ4n) is 0.991. The number of rotatable bonds is 3. The highest BCUT2D eigenvalue weighted by Crippen LogP contribution is 2.26. The van der Waals surface area contributed by atoms with E-state index in [0.717, 1.165) is 0 Å². The fourth-order valence-corrected chi connectivity index (χ4v) is 1.78. The normalized spacial score (nSPS) is 13.4. The van der Waals surface area contributed by atoms with Crippen molar-refractivity contribution < 1.29 is 9.46 Å². The summed E-state index contributed by atoms with van der Waals surface area (Å²) in [4.78, 5) is 8.79. The van der Waals surface area contributed by atoms with Crippen LogP contribution in [0.15, 0.2) is 0 Å². The van der Waals surface area contributed by atoms with E-state index in [1.54, 1.807) is 4.67 Å². The molecule has 0 aromatic carbocycles. The summed E-state index contributed by atoms with van der Waals surface area (Å²) in [6, 6.07) is 0.266. The molecule has 0 spiro atoms. The van der Waals surface area contributed by atoms with E-state index in [9.17, 15) is 4.57 Å². The van der Waals surface area contributed by atoms with Gasteiger partial charge in [0.25, 0.3) is 0 Å². The standard InChI is InChI=1S/C6H14NO2P/c1-5(2)7(6(3)4)10(8)9/h5-6H,1-4H3/p+1. The molecule has 4 heteroatoms. The average molecular weight is 164 g/mol. The SMILES string of the molecule is CC(C)N(C(C)C)[P+](=O)O. The lowest BCUT2D eigenvalue weighted by molar-refractivity contribution is 0.278. The molecule has 10 heavy (non-hydrogen) atoms. The molecule has 0 amide bonds. The predicted molar refractivity (Wildman–Crippen MR) is 41.9 cm³/mol. The van der Waals surface area contributed by atoms with Crippen LogP contribution in [0.4, 0.5) is 0 Å². The zero-order valence-electron chi connectivity index (χ0n) is 6.90. The van der Waals surface area contributed by atoms with E-state index in [0.29, 0.717) is 0 Å². The predicted octanol–water partition coefficient (Wildman–Crippen LogP) is 1.75. The van der Waals surface area contributed by atoms with Crippen LogP contribution in [0.5, 0.6) is 0 Å². The van der Waals surface area contributed by atoms with Gasteiger partial charge in [-0.15, -0.1) is 4.89 Å². The molecular weight excluding hydrogens is 149 g/mol. The van der Waals surface area contributed by atoms with Crippen LogP contribution < -0.4 is 0 Å². The van der Waals surface area contributed by atoms with Gasteiger partial charge in [0, 0.05) is 0 Å². The van der Waals surface area contributed by atoms with Crippen molar-refractivity contribution >= 4 is 8.18 Å². The molecule has 0 aliphatic heterocycles. The summed E-state index contributed by atoms with van der Waals surface area (Å²) in [6.07, 6.45) is 0. The second-order valence-corrected chi connectivity index (χ2v) is 3.79. The van der Waals surface area contributed by atoms with E-state index in [-0.39, 0.29) is 12.1 Å². The lowest BCUT2D eigenvalue weighted by atomic mass is 10.3. The highest BCUT2D eigenvalue weighted by molar-refractivity contribution is 7.35. The Morgan fingerprint density at radius 1 is 1.20 bits per heavy atom. The van der Waals surface area contributed by atoms with Gasteiger partial charge in [-0.3, -0.25) is 0 Å². The monoisotopic (exact) mass is 164 g/mol. The molecule has 0 bridgehead atoms. The Hall–Kier alpha value is 0.0200. The Morgan fingerprint density at radius 3 is 1.50 bits per heavy atom. The van der Waals surface area contributed by atoms with Crippen molar-refractivity contribution in [3.63, 3.8) is 0 Å². The van der Waals surface area contributed by atoms with E-state index >= 15 is 0 Å². The first-order valence-electron chi connectivity index (χ1n) is 3.41. The van der Waals surface area contributed by atoms with Gasteiger partial charge in [0.2, 0.25) is 0 Å². The Labute approximate surface area is 63.0 Å². The van der Waals surface area contributed by atoms with Crippen LogP contribution in [0.2, 0.25) is 0 Å². The lowest BCUT2D eigenvalue weighted by Gasteiger charge is -2.15. The van der Waals surface area contributed by atoms with Crippen LogP contribution in [0.25, 0.3) is 0 Å². The fraction of sp³-hybridized carbons (Fsp3) is 1.00. The molecule has 0 aromatic rings. The molecule has 0 rings (SSSR count). The lowest BCUT2D eigenvalue weighted by Crippen LogP contribution is -2.30. The zero-order chi connectivity index (χ0) is 8.31. The summed E-state index contributed by atoms with van der Waals surface area (Å²) in [5, 5.41) is 0. The van der Waals surface area contributed by atoms with E-state index < -0.39 is 8.18 Å². The van der Waals surface area contributed by atoms with Crippen LogP contribution in [0.1, 0.15) is 27.7 Å². The van der Waals surface area contributed by atoms with Gasteiger partial charge in [-0.05, 0) is 32.3 Å². The van der Waals surface area contributed by atoms with Crippen LogP contribution in [0, 0.1) is 0 Å². The molecule has 0 fully saturated rings. The third-order valence-corrected chi connectivity index (χ3v) is 2.57.